The van der Waals surface area contributed by atoms with Crippen LogP contribution in [0.4, 0.5) is 0 Å². The maximum atomic E-state index is 13.4. The first-order valence-electron chi connectivity index (χ1n) is 8.18. The van der Waals surface area contributed by atoms with Gasteiger partial charge in [0.05, 0.1) is 0 Å². The van der Waals surface area contributed by atoms with Crippen molar-refractivity contribution in [3.63, 3.8) is 0 Å². The lowest BCUT2D eigenvalue weighted by Crippen LogP contribution is -2.09. The Labute approximate surface area is 157 Å². The number of phenolic OH excluding ortho intramolecular Hbond substituents is 2. The number of rotatable bonds is 6. The van der Waals surface area contributed by atoms with Gasteiger partial charge in [0.2, 0.25) is 0 Å². The molecule has 0 saturated carbocycles. The molecule has 6 nitrogen and oxygen atoms in total. The highest BCUT2D eigenvalue weighted by atomic mass is 31.2. The number of aryl methyl sites for hydroxylation is 2. The summed E-state index contributed by atoms with van der Waals surface area (Å²) < 4.78 is 30.1. The zero-order valence-electron chi connectivity index (χ0n) is 14.8. The summed E-state index contributed by atoms with van der Waals surface area (Å²) in [6.07, 6.45) is 0. The molecule has 0 aliphatic heterocycles. The van der Waals surface area contributed by atoms with E-state index in [4.69, 9.17) is 13.6 Å². The quantitative estimate of drug-likeness (QED) is 0.555. The lowest BCUT2D eigenvalue weighted by atomic mass is 10.1. The van der Waals surface area contributed by atoms with Crippen LogP contribution in [-0.4, -0.2) is 10.2 Å². The van der Waals surface area contributed by atoms with Gasteiger partial charge < -0.3 is 23.8 Å². The van der Waals surface area contributed by atoms with Crippen molar-refractivity contribution < 1.29 is 28.3 Å². The van der Waals surface area contributed by atoms with Crippen molar-refractivity contribution in [2.45, 2.75) is 13.8 Å². The third-order valence-electron chi connectivity index (χ3n) is 3.68. The van der Waals surface area contributed by atoms with E-state index in [1.54, 1.807) is 12.1 Å². The molecule has 0 fully saturated rings. The van der Waals surface area contributed by atoms with Crippen LogP contribution in [0.1, 0.15) is 11.1 Å². The summed E-state index contributed by atoms with van der Waals surface area (Å²) in [4.78, 5) is 0. The Morgan fingerprint density at radius 3 is 1.59 bits per heavy atom. The second-order valence-corrected chi connectivity index (χ2v) is 7.38. The number of phosphoric ester groups is 1. The zero-order chi connectivity index (χ0) is 19.4. The predicted octanol–water partition coefficient (Wildman–Crippen LogP) is 5.36. The highest BCUT2D eigenvalue weighted by Crippen LogP contribution is 2.51. The molecule has 7 heteroatoms. The number of phenols is 2. The number of aromatic hydroxyl groups is 2. The van der Waals surface area contributed by atoms with Gasteiger partial charge in [-0.2, -0.15) is 4.57 Å². The molecule has 0 unspecified atom stereocenters. The summed E-state index contributed by atoms with van der Waals surface area (Å²) >= 11 is 0. The van der Waals surface area contributed by atoms with Crippen molar-refractivity contribution in [2.24, 2.45) is 0 Å². The monoisotopic (exact) mass is 386 g/mol. The van der Waals surface area contributed by atoms with Crippen LogP contribution in [0.15, 0.2) is 66.7 Å². The van der Waals surface area contributed by atoms with Gasteiger partial charge in [0.25, 0.3) is 0 Å². The molecule has 140 valence electrons. The van der Waals surface area contributed by atoms with Crippen LogP contribution in [-0.2, 0) is 4.57 Å². The minimum Gasteiger partial charge on any atom is -0.508 e. The van der Waals surface area contributed by atoms with E-state index >= 15 is 0 Å². The minimum absolute atomic E-state index is 0.0523. The SMILES string of the molecule is Cc1cccc(C)c1OP(=O)(Oc1cccc(O)c1)Oc1cccc(O)c1. The van der Waals surface area contributed by atoms with Crippen molar-refractivity contribution in [2.75, 3.05) is 0 Å². The van der Waals surface area contributed by atoms with Crippen LogP contribution >= 0.6 is 7.82 Å². The zero-order valence-corrected chi connectivity index (χ0v) is 15.7. The van der Waals surface area contributed by atoms with Gasteiger partial charge in [-0.25, -0.2) is 0 Å². The maximum Gasteiger partial charge on any atom is 0.647 e. The second-order valence-electron chi connectivity index (χ2n) is 5.94. The van der Waals surface area contributed by atoms with Gasteiger partial charge in [0, 0.05) is 12.1 Å². The number of hydrogen-bond acceptors (Lipinski definition) is 6. The molecule has 0 saturated heterocycles. The lowest BCUT2D eigenvalue weighted by Gasteiger charge is -2.21. The predicted molar refractivity (Wildman–Crippen MR) is 102 cm³/mol. The fourth-order valence-electron chi connectivity index (χ4n) is 2.45. The van der Waals surface area contributed by atoms with E-state index in [9.17, 15) is 14.8 Å². The summed E-state index contributed by atoms with van der Waals surface area (Å²) in [7, 11) is -4.20. The van der Waals surface area contributed by atoms with Crippen LogP contribution in [0.2, 0.25) is 0 Å². The summed E-state index contributed by atoms with van der Waals surface area (Å²) in [6.45, 7) is 3.63. The Morgan fingerprint density at radius 2 is 1.15 bits per heavy atom. The molecule has 0 radical (unpaired) electrons. The van der Waals surface area contributed by atoms with E-state index < -0.39 is 7.82 Å². The third-order valence-corrected chi connectivity index (χ3v) is 4.96. The molecule has 0 bridgehead atoms. The fourth-order valence-corrected chi connectivity index (χ4v) is 3.82. The van der Waals surface area contributed by atoms with Gasteiger partial charge in [-0.1, -0.05) is 30.3 Å². The van der Waals surface area contributed by atoms with Crippen molar-refractivity contribution in [1.82, 2.24) is 0 Å². The molecular weight excluding hydrogens is 367 g/mol. The average Bonchev–Trinajstić information content (AvgIpc) is 2.58. The molecule has 0 amide bonds. The Morgan fingerprint density at radius 1 is 0.704 bits per heavy atom. The van der Waals surface area contributed by atoms with Crippen molar-refractivity contribution in [3.05, 3.63) is 77.9 Å². The molecule has 27 heavy (non-hydrogen) atoms. The van der Waals surface area contributed by atoms with Crippen LogP contribution < -0.4 is 13.6 Å². The van der Waals surface area contributed by atoms with E-state index in [0.29, 0.717) is 5.75 Å². The molecule has 3 aromatic carbocycles. The smallest absolute Gasteiger partial charge is 0.508 e. The largest absolute Gasteiger partial charge is 0.647 e. The molecule has 0 aliphatic rings. The maximum absolute atomic E-state index is 13.4. The molecule has 0 aliphatic carbocycles. The van der Waals surface area contributed by atoms with Crippen molar-refractivity contribution >= 4 is 7.82 Å². The lowest BCUT2D eigenvalue weighted by molar-refractivity contribution is 0.296. The Hall–Kier alpha value is -3.11. The Bertz CT molecular complexity index is 930. The van der Waals surface area contributed by atoms with Crippen LogP contribution in [0.25, 0.3) is 0 Å². The van der Waals surface area contributed by atoms with E-state index in [1.807, 2.05) is 32.0 Å². The van der Waals surface area contributed by atoms with Gasteiger partial charge in [-0.05, 0) is 49.2 Å². The van der Waals surface area contributed by atoms with Crippen LogP contribution in [0.3, 0.4) is 0 Å². The number of phosphoric acid groups is 1. The minimum atomic E-state index is -4.20. The molecule has 0 atom stereocenters. The first kappa shape index (κ1) is 18.7. The topological polar surface area (TPSA) is 85.2 Å². The summed E-state index contributed by atoms with van der Waals surface area (Å²) in [6, 6.07) is 17.1. The third kappa shape index (κ3) is 4.74. The standard InChI is InChI=1S/C20H19O6P/c1-14-6-3-7-15(2)20(14)26-27(23,24-18-10-4-8-16(21)12-18)25-19-11-5-9-17(22)13-19/h3-13,21-22H,1-2H3. The summed E-state index contributed by atoms with van der Waals surface area (Å²) in [5.41, 5.74) is 1.52. The number of para-hydroxylation sites is 1. The summed E-state index contributed by atoms with van der Waals surface area (Å²) in [5, 5.41) is 19.3. The van der Waals surface area contributed by atoms with Crippen LogP contribution in [0.5, 0.6) is 28.7 Å². The van der Waals surface area contributed by atoms with E-state index in [0.717, 1.165) is 11.1 Å². The Balaban J connectivity index is 1.98. The van der Waals surface area contributed by atoms with Gasteiger partial charge in [-0.15, -0.1) is 0 Å². The molecule has 0 heterocycles. The van der Waals surface area contributed by atoms with E-state index in [-0.39, 0.29) is 23.0 Å². The second kappa shape index (κ2) is 7.64. The molecular formula is C20H19O6P. The Kier molecular flexibility index (Phi) is 5.28. The fraction of sp³-hybridized carbons (Fsp3) is 0.100. The normalized spacial score (nSPS) is 11.0. The first-order valence-corrected chi connectivity index (χ1v) is 9.64. The number of benzene rings is 3. The molecule has 3 rings (SSSR count). The van der Waals surface area contributed by atoms with E-state index in [2.05, 4.69) is 0 Å². The molecule has 3 aromatic rings. The molecule has 0 spiro atoms. The van der Waals surface area contributed by atoms with Crippen molar-refractivity contribution in [1.29, 1.82) is 0 Å². The molecule has 2 N–H and O–H groups in total. The molecule has 0 aromatic heterocycles. The first-order chi connectivity index (χ1) is 12.8. The average molecular weight is 386 g/mol. The van der Waals surface area contributed by atoms with Gasteiger partial charge >= 0.3 is 7.82 Å². The van der Waals surface area contributed by atoms with Gasteiger partial charge in [-0.3, -0.25) is 0 Å². The van der Waals surface area contributed by atoms with Crippen molar-refractivity contribution in [3.8, 4) is 28.7 Å². The highest BCUT2D eigenvalue weighted by Gasteiger charge is 2.34. The van der Waals surface area contributed by atoms with E-state index in [1.165, 1.54) is 36.4 Å². The summed E-state index contributed by atoms with van der Waals surface area (Å²) in [5.74, 6) is 0.502. The van der Waals surface area contributed by atoms with Crippen LogP contribution in [0, 0.1) is 13.8 Å². The highest BCUT2D eigenvalue weighted by molar-refractivity contribution is 7.49. The number of hydrogen-bond donors (Lipinski definition) is 2. The van der Waals surface area contributed by atoms with Gasteiger partial charge in [0.15, 0.2) is 0 Å². The van der Waals surface area contributed by atoms with Gasteiger partial charge in [0.1, 0.15) is 28.7 Å².